The molecule has 0 bridgehead atoms. The molecule has 220 valence electrons. The SMILES string of the molecule is C1=CCC(c2cccc(N3c4cc5c(cc4C4C=CCCC43)c3c(n5C4C=C(C5C=CCCC5)C=CC4)CCC=C3)c2)C=C1. The van der Waals surface area contributed by atoms with Crippen LogP contribution in [-0.2, 0) is 6.42 Å². The fourth-order valence-electron chi connectivity index (χ4n) is 9.02. The number of hydrogen-bond donors (Lipinski definition) is 0. The Morgan fingerprint density at radius 3 is 2.64 bits per heavy atom. The third kappa shape index (κ3) is 4.29. The second kappa shape index (κ2) is 10.8. The molecule has 2 heteroatoms. The van der Waals surface area contributed by atoms with E-state index in [2.05, 4.69) is 125 Å². The average molecular weight is 575 g/mol. The minimum Gasteiger partial charge on any atom is -0.337 e. The van der Waals surface area contributed by atoms with Gasteiger partial charge in [0.25, 0.3) is 0 Å². The molecular formula is C42H42N2. The number of fused-ring (bicyclic) bond motifs is 6. The number of allylic oxidation sites excluding steroid dienone is 12. The van der Waals surface area contributed by atoms with Gasteiger partial charge in [0.1, 0.15) is 0 Å². The molecule has 5 aliphatic carbocycles. The summed E-state index contributed by atoms with van der Waals surface area (Å²) in [7, 11) is 0. The predicted molar refractivity (Wildman–Crippen MR) is 186 cm³/mol. The Bertz CT molecular complexity index is 1830. The lowest BCUT2D eigenvalue weighted by molar-refractivity contribution is 0.564. The number of rotatable bonds is 4. The minimum atomic E-state index is 0.368. The fraction of sp³-hybridized carbons (Fsp3) is 0.333. The van der Waals surface area contributed by atoms with Crippen LogP contribution in [-0.4, -0.2) is 10.6 Å². The zero-order valence-electron chi connectivity index (χ0n) is 25.6. The third-order valence-electron chi connectivity index (χ3n) is 11.1. The van der Waals surface area contributed by atoms with Gasteiger partial charge in [0.05, 0.1) is 11.6 Å². The van der Waals surface area contributed by atoms with Gasteiger partial charge in [-0.15, -0.1) is 0 Å². The summed E-state index contributed by atoms with van der Waals surface area (Å²) in [5.41, 5.74) is 11.6. The average Bonchev–Trinajstić information content (AvgIpc) is 3.60. The van der Waals surface area contributed by atoms with Crippen LogP contribution in [0.3, 0.4) is 0 Å². The van der Waals surface area contributed by atoms with Crippen LogP contribution in [0.4, 0.5) is 11.4 Å². The number of nitrogens with zero attached hydrogens (tertiary/aromatic N) is 2. The Balaban J connectivity index is 1.20. The molecule has 0 spiro atoms. The predicted octanol–water partition coefficient (Wildman–Crippen LogP) is 10.9. The Labute approximate surface area is 262 Å². The van der Waals surface area contributed by atoms with Crippen molar-refractivity contribution in [3.05, 3.63) is 137 Å². The molecule has 0 amide bonds. The van der Waals surface area contributed by atoms with Gasteiger partial charge in [-0.1, -0.05) is 91.1 Å². The molecule has 5 atom stereocenters. The first-order chi connectivity index (χ1) is 21.8. The lowest BCUT2D eigenvalue weighted by atomic mass is 9.85. The van der Waals surface area contributed by atoms with Gasteiger partial charge >= 0.3 is 0 Å². The molecule has 3 aromatic rings. The highest BCUT2D eigenvalue weighted by Gasteiger charge is 2.40. The summed E-state index contributed by atoms with van der Waals surface area (Å²) in [5, 5.41) is 1.45. The van der Waals surface area contributed by atoms with Crippen LogP contribution in [0.25, 0.3) is 17.0 Å². The molecule has 0 radical (unpaired) electrons. The summed E-state index contributed by atoms with van der Waals surface area (Å²) in [5.74, 6) is 1.47. The highest BCUT2D eigenvalue weighted by Crippen LogP contribution is 2.52. The molecule has 2 aromatic carbocycles. The van der Waals surface area contributed by atoms with Crippen molar-refractivity contribution in [3.8, 4) is 0 Å². The van der Waals surface area contributed by atoms with E-state index >= 15 is 0 Å². The maximum absolute atomic E-state index is 2.75. The van der Waals surface area contributed by atoms with Gasteiger partial charge in [-0.3, -0.25) is 0 Å². The molecule has 2 heterocycles. The van der Waals surface area contributed by atoms with Crippen LogP contribution in [0, 0.1) is 5.92 Å². The van der Waals surface area contributed by atoms with Gasteiger partial charge in [-0.2, -0.15) is 0 Å². The summed E-state index contributed by atoms with van der Waals surface area (Å²) in [6.07, 6.45) is 41.7. The quantitative estimate of drug-likeness (QED) is 0.281. The Morgan fingerprint density at radius 2 is 1.73 bits per heavy atom. The zero-order valence-corrected chi connectivity index (χ0v) is 25.6. The van der Waals surface area contributed by atoms with Crippen LogP contribution in [0.5, 0.6) is 0 Å². The van der Waals surface area contributed by atoms with E-state index in [-0.39, 0.29) is 0 Å². The van der Waals surface area contributed by atoms with Gasteiger partial charge in [0, 0.05) is 51.8 Å². The van der Waals surface area contributed by atoms with Crippen LogP contribution in [0.15, 0.2) is 115 Å². The van der Waals surface area contributed by atoms with Crippen LogP contribution < -0.4 is 4.90 Å². The standard InChI is InChI=1S/C42H42N2/c1-3-13-29(14-4-1)31-17-11-19-33(25-31)43-39-23-9-7-21-35(39)37-27-38-36-22-8-10-24-40(36)44(42(38)28-41(37)43)34-20-12-18-32(26-34)30-15-5-2-6-16-30/h1,3-5,7-8,11-13,15,17-19,21-22,25-30,34-35,39H,2,6,9-10,14,16,20,23-24H2. The molecule has 0 fully saturated rings. The number of benzene rings is 2. The highest BCUT2D eigenvalue weighted by atomic mass is 15.2. The van der Waals surface area contributed by atoms with E-state index < -0.39 is 0 Å². The molecule has 1 aromatic heterocycles. The van der Waals surface area contributed by atoms with E-state index in [1.165, 1.54) is 75.9 Å². The lowest BCUT2D eigenvalue weighted by Gasteiger charge is -2.32. The Hall–Kier alpha value is -4.04. The van der Waals surface area contributed by atoms with Crippen molar-refractivity contribution in [2.45, 2.75) is 81.7 Å². The highest BCUT2D eigenvalue weighted by molar-refractivity contribution is 5.97. The van der Waals surface area contributed by atoms with Crippen molar-refractivity contribution >= 4 is 28.4 Å². The summed E-state index contributed by atoms with van der Waals surface area (Å²) in [6, 6.07) is 15.5. The first-order valence-corrected chi connectivity index (χ1v) is 17.1. The van der Waals surface area contributed by atoms with Crippen LogP contribution in [0.2, 0.25) is 0 Å². The Morgan fingerprint density at radius 1 is 0.750 bits per heavy atom. The van der Waals surface area contributed by atoms with Crippen LogP contribution >= 0.6 is 0 Å². The maximum atomic E-state index is 2.75. The van der Waals surface area contributed by atoms with E-state index in [0.29, 0.717) is 29.8 Å². The van der Waals surface area contributed by atoms with Gasteiger partial charge in [-0.25, -0.2) is 0 Å². The molecule has 44 heavy (non-hydrogen) atoms. The van der Waals surface area contributed by atoms with Gasteiger partial charge < -0.3 is 9.47 Å². The van der Waals surface area contributed by atoms with Gasteiger partial charge in [0.2, 0.25) is 0 Å². The molecule has 9 rings (SSSR count). The second-order valence-electron chi connectivity index (χ2n) is 13.7. The molecular weight excluding hydrogens is 532 g/mol. The topological polar surface area (TPSA) is 8.17 Å². The van der Waals surface area contributed by atoms with Gasteiger partial charge in [-0.05, 0) is 98.8 Å². The van der Waals surface area contributed by atoms with E-state index in [9.17, 15) is 0 Å². The fourth-order valence-corrected chi connectivity index (χ4v) is 9.02. The molecule has 0 saturated heterocycles. The molecule has 1 aliphatic heterocycles. The van der Waals surface area contributed by atoms with Crippen molar-refractivity contribution in [1.29, 1.82) is 0 Å². The van der Waals surface area contributed by atoms with Crippen molar-refractivity contribution < 1.29 is 0 Å². The number of aromatic nitrogens is 1. The Kier molecular flexibility index (Phi) is 6.50. The van der Waals surface area contributed by atoms with E-state index in [0.717, 1.165) is 32.1 Å². The van der Waals surface area contributed by atoms with E-state index in [1.54, 1.807) is 0 Å². The van der Waals surface area contributed by atoms with Crippen molar-refractivity contribution in [2.75, 3.05) is 4.90 Å². The normalized spacial score (nSPS) is 28.3. The molecule has 0 N–H and O–H groups in total. The number of anilines is 2. The molecule has 2 nitrogen and oxygen atoms in total. The van der Waals surface area contributed by atoms with Crippen LogP contribution in [0.1, 0.15) is 91.6 Å². The third-order valence-corrected chi connectivity index (χ3v) is 11.1. The zero-order chi connectivity index (χ0) is 29.0. The minimum absolute atomic E-state index is 0.368. The molecule has 6 aliphatic rings. The monoisotopic (exact) mass is 574 g/mol. The summed E-state index contributed by atoms with van der Waals surface area (Å²) in [4.78, 5) is 2.72. The summed E-state index contributed by atoms with van der Waals surface area (Å²) >= 11 is 0. The molecule has 0 saturated carbocycles. The lowest BCUT2D eigenvalue weighted by Crippen LogP contribution is -2.31. The maximum Gasteiger partial charge on any atom is 0.0560 e. The summed E-state index contributed by atoms with van der Waals surface area (Å²) in [6.45, 7) is 0. The van der Waals surface area contributed by atoms with Crippen molar-refractivity contribution in [1.82, 2.24) is 4.57 Å². The van der Waals surface area contributed by atoms with Gasteiger partial charge in [0.15, 0.2) is 0 Å². The first kappa shape index (κ1) is 26.4. The second-order valence-corrected chi connectivity index (χ2v) is 13.7. The van der Waals surface area contributed by atoms with E-state index in [4.69, 9.17) is 0 Å². The smallest absolute Gasteiger partial charge is 0.0560 e. The van der Waals surface area contributed by atoms with E-state index in [1.807, 2.05) is 0 Å². The van der Waals surface area contributed by atoms with Crippen molar-refractivity contribution in [3.63, 3.8) is 0 Å². The largest absolute Gasteiger partial charge is 0.337 e. The van der Waals surface area contributed by atoms with Crippen molar-refractivity contribution in [2.24, 2.45) is 5.92 Å². The summed E-state index contributed by atoms with van der Waals surface area (Å²) < 4.78 is 2.75. The molecule has 5 unspecified atom stereocenters. The first-order valence-electron chi connectivity index (χ1n) is 17.1. The number of hydrogen-bond acceptors (Lipinski definition) is 1.